The summed E-state index contributed by atoms with van der Waals surface area (Å²) in [5, 5.41) is 0. The van der Waals surface area contributed by atoms with Crippen molar-refractivity contribution < 1.29 is 19.1 Å². The van der Waals surface area contributed by atoms with Gasteiger partial charge in [0.1, 0.15) is 6.42 Å². The molecule has 0 spiro atoms. The van der Waals surface area contributed by atoms with Crippen molar-refractivity contribution >= 4 is 11.9 Å². The van der Waals surface area contributed by atoms with Gasteiger partial charge in [-0.05, 0) is 24.7 Å². The van der Waals surface area contributed by atoms with Gasteiger partial charge in [0, 0.05) is 0 Å². The minimum atomic E-state index is -0.488. The highest BCUT2D eigenvalue weighted by atomic mass is 16.6. The summed E-state index contributed by atoms with van der Waals surface area (Å²) in [7, 11) is 0. The predicted octanol–water partition coefficient (Wildman–Crippen LogP) is 3.34. The zero-order valence-electron chi connectivity index (χ0n) is 12.7. The summed E-state index contributed by atoms with van der Waals surface area (Å²) in [6, 6.07) is 0. The van der Waals surface area contributed by atoms with E-state index in [9.17, 15) is 9.59 Å². The monoisotopic (exact) mass is 272 g/mol. The summed E-state index contributed by atoms with van der Waals surface area (Å²) in [5.74, 6) is 0.00811. The third kappa shape index (κ3) is 10.5. The Morgan fingerprint density at radius 1 is 1.00 bits per heavy atom. The third-order valence-corrected chi connectivity index (χ3v) is 3.11. The summed E-state index contributed by atoms with van der Waals surface area (Å²) in [6.07, 6.45) is 3.54. The molecule has 0 amide bonds. The number of esters is 2. The van der Waals surface area contributed by atoms with Crippen LogP contribution in [0, 0.1) is 11.8 Å². The van der Waals surface area contributed by atoms with E-state index in [0.29, 0.717) is 25.0 Å². The molecule has 0 rings (SSSR count). The van der Waals surface area contributed by atoms with Crippen LogP contribution in [-0.2, 0) is 19.1 Å². The molecule has 0 atom stereocenters. The Hall–Kier alpha value is -1.06. The molecule has 0 bridgehead atoms. The maximum absolute atomic E-state index is 11.4. The topological polar surface area (TPSA) is 52.6 Å². The van der Waals surface area contributed by atoms with E-state index in [4.69, 9.17) is 9.47 Å². The molecule has 112 valence electrons. The highest BCUT2D eigenvalue weighted by Gasteiger charge is 2.14. The fraction of sp³-hybridized carbons (Fsp3) is 0.867. The maximum atomic E-state index is 11.4. The first-order chi connectivity index (χ1) is 8.99. The van der Waals surface area contributed by atoms with Crippen LogP contribution in [0.2, 0.25) is 0 Å². The largest absolute Gasteiger partial charge is 0.465 e. The van der Waals surface area contributed by atoms with Crippen molar-refractivity contribution in [2.45, 2.75) is 59.8 Å². The lowest BCUT2D eigenvalue weighted by Gasteiger charge is -2.12. The number of ether oxygens (including phenoxy) is 2. The first-order valence-corrected chi connectivity index (χ1v) is 7.30. The first-order valence-electron chi connectivity index (χ1n) is 7.30. The number of carbonyl (C=O) groups excluding carboxylic acids is 2. The van der Waals surface area contributed by atoms with Gasteiger partial charge in [-0.1, -0.05) is 40.5 Å². The molecule has 0 heterocycles. The molecule has 19 heavy (non-hydrogen) atoms. The Kier molecular flexibility index (Phi) is 10.2. The van der Waals surface area contributed by atoms with Crippen LogP contribution in [0.25, 0.3) is 0 Å². The smallest absolute Gasteiger partial charge is 0.317 e. The van der Waals surface area contributed by atoms with E-state index in [0.717, 1.165) is 25.7 Å². The van der Waals surface area contributed by atoms with E-state index in [1.165, 1.54) is 0 Å². The second-order valence-electron chi connectivity index (χ2n) is 5.30. The summed E-state index contributed by atoms with van der Waals surface area (Å²) in [6.45, 7) is 9.15. The van der Waals surface area contributed by atoms with Gasteiger partial charge in [0.25, 0.3) is 0 Å². The fourth-order valence-corrected chi connectivity index (χ4v) is 1.63. The van der Waals surface area contributed by atoms with Crippen molar-refractivity contribution in [3.63, 3.8) is 0 Å². The Morgan fingerprint density at radius 2 is 1.58 bits per heavy atom. The molecule has 0 radical (unpaired) electrons. The molecule has 0 aliphatic heterocycles. The molecule has 4 heteroatoms. The summed E-state index contributed by atoms with van der Waals surface area (Å²) < 4.78 is 10.0. The SMILES string of the molecule is CCC(CC)COC(=O)CC(=O)OCCCC(C)C. The molecule has 0 unspecified atom stereocenters. The van der Waals surface area contributed by atoms with E-state index in [-0.39, 0.29) is 6.42 Å². The van der Waals surface area contributed by atoms with Gasteiger partial charge in [0.2, 0.25) is 0 Å². The second kappa shape index (κ2) is 10.8. The zero-order chi connectivity index (χ0) is 14.7. The van der Waals surface area contributed by atoms with Crippen LogP contribution < -0.4 is 0 Å². The molecule has 0 saturated heterocycles. The minimum absolute atomic E-state index is 0.276. The van der Waals surface area contributed by atoms with Gasteiger partial charge in [0.05, 0.1) is 13.2 Å². The molecule has 0 fully saturated rings. The van der Waals surface area contributed by atoms with Crippen LogP contribution in [0.5, 0.6) is 0 Å². The number of hydrogen-bond donors (Lipinski definition) is 0. The van der Waals surface area contributed by atoms with Crippen molar-refractivity contribution in [1.82, 2.24) is 0 Å². The van der Waals surface area contributed by atoms with Crippen LogP contribution in [0.4, 0.5) is 0 Å². The van der Waals surface area contributed by atoms with Gasteiger partial charge in [-0.25, -0.2) is 0 Å². The Bertz CT molecular complexity index is 257. The standard InChI is InChI=1S/C15H28O4/c1-5-13(6-2)11-19-15(17)10-14(16)18-9-7-8-12(3)4/h12-13H,5-11H2,1-4H3. The molecule has 0 aromatic rings. The van der Waals surface area contributed by atoms with Crippen LogP contribution in [0.15, 0.2) is 0 Å². The van der Waals surface area contributed by atoms with Gasteiger partial charge in [-0.3, -0.25) is 9.59 Å². The highest BCUT2D eigenvalue weighted by molar-refractivity contribution is 5.91. The van der Waals surface area contributed by atoms with E-state index in [1.807, 2.05) is 0 Å². The van der Waals surface area contributed by atoms with Gasteiger partial charge >= 0.3 is 11.9 Å². The first kappa shape index (κ1) is 17.9. The Morgan fingerprint density at radius 3 is 2.11 bits per heavy atom. The Labute approximate surface area is 116 Å². The van der Waals surface area contributed by atoms with E-state index in [2.05, 4.69) is 27.7 Å². The minimum Gasteiger partial charge on any atom is -0.465 e. The molecule has 0 N–H and O–H groups in total. The molecule has 0 aromatic heterocycles. The summed E-state index contributed by atoms with van der Waals surface area (Å²) >= 11 is 0. The van der Waals surface area contributed by atoms with Gasteiger partial charge < -0.3 is 9.47 Å². The molecular formula is C15H28O4. The normalized spacial score (nSPS) is 10.8. The van der Waals surface area contributed by atoms with Crippen LogP contribution in [0.1, 0.15) is 59.8 Å². The third-order valence-electron chi connectivity index (χ3n) is 3.11. The molecular weight excluding hydrogens is 244 g/mol. The van der Waals surface area contributed by atoms with Crippen LogP contribution in [0.3, 0.4) is 0 Å². The Balaban J connectivity index is 3.66. The summed E-state index contributed by atoms with van der Waals surface area (Å²) in [5.41, 5.74) is 0. The van der Waals surface area contributed by atoms with Gasteiger partial charge in [-0.2, -0.15) is 0 Å². The van der Waals surface area contributed by atoms with Gasteiger partial charge in [-0.15, -0.1) is 0 Å². The summed E-state index contributed by atoms with van der Waals surface area (Å²) in [4.78, 5) is 22.8. The lowest BCUT2D eigenvalue weighted by Crippen LogP contribution is -2.18. The lowest BCUT2D eigenvalue weighted by atomic mass is 10.1. The second-order valence-corrected chi connectivity index (χ2v) is 5.30. The average Bonchev–Trinajstić information content (AvgIpc) is 2.35. The van der Waals surface area contributed by atoms with Gasteiger partial charge in [0.15, 0.2) is 0 Å². The molecule has 0 saturated carbocycles. The highest BCUT2D eigenvalue weighted by Crippen LogP contribution is 2.08. The quantitative estimate of drug-likeness (QED) is 0.348. The van der Waals surface area contributed by atoms with Crippen molar-refractivity contribution in [3.05, 3.63) is 0 Å². The molecule has 4 nitrogen and oxygen atoms in total. The van der Waals surface area contributed by atoms with Crippen molar-refractivity contribution in [1.29, 1.82) is 0 Å². The van der Waals surface area contributed by atoms with Crippen LogP contribution in [-0.4, -0.2) is 25.2 Å². The van der Waals surface area contributed by atoms with E-state index in [1.54, 1.807) is 0 Å². The zero-order valence-corrected chi connectivity index (χ0v) is 12.7. The van der Waals surface area contributed by atoms with Crippen molar-refractivity contribution in [2.24, 2.45) is 11.8 Å². The van der Waals surface area contributed by atoms with Crippen molar-refractivity contribution in [3.8, 4) is 0 Å². The predicted molar refractivity (Wildman–Crippen MR) is 74.7 cm³/mol. The van der Waals surface area contributed by atoms with E-state index < -0.39 is 11.9 Å². The lowest BCUT2D eigenvalue weighted by molar-refractivity contribution is -0.155. The molecule has 0 aromatic carbocycles. The number of hydrogen-bond acceptors (Lipinski definition) is 4. The van der Waals surface area contributed by atoms with E-state index >= 15 is 0 Å². The fourth-order valence-electron chi connectivity index (χ4n) is 1.63. The van der Waals surface area contributed by atoms with Crippen LogP contribution >= 0.6 is 0 Å². The molecule has 0 aliphatic rings. The number of rotatable bonds is 10. The average molecular weight is 272 g/mol. The molecule has 0 aliphatic carbocycles. The maximum Gasteiger partial charge on any atom is 0.317 e. The van der Waals surface area contributed by atoms with Crippen molar-refractivity contribution in [2.75, 3.05) is 13.2 Å². The number of carbonyl (C=O) groups is 2.